The van der Waals surface area contributed by atoms with Crippen molar-refractivity contribution in [2.45, 2.75) is 19.6 Å². The first-order chi connectivity index (χ1) is 12.2. The summed E-state index contributed by atoms with van der Waals surface area (Å²) < 4.78 is 15.5. The fourth-order valence-electron chi connectivity index (χ4n) is 2.03. The van der Waals surface area contributed by atoms with E-state index in [1.807, 2.05) is 30.3 Å². The van der Waals surface area contributed by atoms with Crippen molar-refractivity contribution < 1.29 is 23.6 Å². The minimum atomic E-state index is -4.51. The van der Waals surface area contributed by atoms with Crippen LogP contribution in [0.2, 0.25) is 10.0 Å². The summed E-state index contributed by atoms with van der Waals surface area (Å²) >= 11 is 17.1. The van der Waals surface area contributed by atoms with E-state index in [-0.39, 0.29) is 11.6 Å². The lowest BCUT2D eigenvalue weighted by Crippen LogP contribution is -2.39. The molecule has 26 heavy (non-hydrogen) atoms. The molecule has 0 saturated heterocycles. The first kappa shape index (κ1) is 21.0. The predicted molar refractivity (Wildman–Crippen MR) is 101 cm³/mol. The minimum absolute atomic E-state index is 0.135. The van der Waals surface area contributed by atoms with Gasteiger partial charge in [-0.15, -0.1) is 0 Å². The minimum Gasteiger partial charge on any atom is -0.379 e. The molecular weight excluding hydrogens is 424 g/mol. The molecule has 10 heteroatoms. The van der Waals surface area contributed by atoms with Crippen LogP contribution >= 0.6 is 41.4 Å². The molecular formula is C16H15Cl3NO5P. The summed E-state index contributed by atoms with van der Waals surface area (Å²) in [5, 5.41) is 1.79. The van der Waals surface area contributed by atoms with Crippen LogP contribution in [-0.4, -0.2) is 16.9 Å². The fraction of sp³-hybridized carbons (Fsp3) is 0.188. The van der Waals surface area contributed by atoms with Crippen LogP contribution in [0.1, 0.15) is 12.5 Å². The van der Waals surface area contributed by atoms with Crippen LogP contribution in [0.5, 0.6) is 0 Å². The highest BCUT2D eigenvalue weighted by atomic mass is 35.7. The Morgan fingerprint density at radius 3 is 2.42 bits per heavy atom. The molecule has 0 bridgehead atoms. The number of carbonyl (C=O) groups is 1. The predicted octanol–water partition coefficient (Wildman–Crippen LogP) is 5.20. The number of halogens is 3. The second-order valence-electron chi connectivity index (χ2n) is 5.22. The fourth-order valence-corrected chi connectivity index (χ4v) is 2.90. The van der Waals surface area contributed by atoms with Crippen molar-refractivity contribution in [3.05, 3.63) is 64.1 Å². The number of carbonyl (C=O) groups excluding carboxylic acids is 1. The third-order valence-corrected chi connectivity index (χ3v) is 4.62. The number of nitrogens with zero attached hydrogens (tertiary/aromatic N) is 1. The molecule has 1 N–H and O–H groups in total. The average molecular weight is 439 g/mol. The monoisotopic (exact) mass is 437 g/mol. The van der Waals surface area contributed by atoms with E-state index in [0.29, 0.717) is 10.7 Å². The molecule has 0 heterocycles. The smallest absolute Gasteiger partial charge is 0.379 e. The lowest BCUT2D eigenvalue weighted by atomic mass is 10.2. The number of hydrogen-bond acceptors (Lipinski definition) is 5. The Bertz CT molecular complexity index is 815. The number of anilines is 1. The average Bonchev–Trinajstić information content (AvgIpc) is 2.57. The van der Waals surface area contributed by atoms with Crippen LogP contribution in [0.25, 0.3) is 0 Å². The standard InChI is InChI=1S/C16H15Cl3NO5P/c1-11(16(21)25-26(19,22)23)20(13-7-8-14(17)15(18)9-13)24-10-12-5-3-2-4-6-12/h2-9,11H,10H2,1H3,(H,22,23). The third kappa shape index (κ3) is 6.16. The molecule has 2 aromatic carbocycles. The maximum absolute atomic E-state index is 12.1. The number of hydroxylamine groups is 1. The molecule has 0 radical (unpaired) electrons. The Morgan fingerprint density at radius 2 is 1.85 bits per heavy atom. The highest BCUT2D eigenvalue weighted by Crippen LogP contribution is 2.48. The Labute approximate surface area is 165 Å². The van der Waals surface area contributed by atoms with Gasteiger partial charge in [0.2, 0.25) is 0 Å². The van der Waals surface area contributed by atoms with Crippen molar-refractivity contribution in [2.75, 3.05) is 5.06 Å². The quantitative estimate of drug-likeness (QED) is 0.473. The van der Waals surface area contributed by atoms with Crippen LogP contribution in [0.3, 0.4) is 0 Å². The van der Waals surface area contributed by atoms with Gasteiger partial charge in [0.05, 0.1) is 22.3 Å². The number of hydrogen-bond donors (Lipinski definition) is 1. The van der Waals surface area contributed by atoms with Gasteiger partial charge >= 0.3 is 12.9 Å². The van der Waals surface area contributed by atoms with E-state index in [4.69, 9.17) is 44.2 Å². The van der Waals surface area contributed by atoms with Crippen molar-refractivity contribution >= 4 is 53.0 Å². The molecule has 0 saturated carbocycles. The van der Waals surface area contributed by atoms with E-state index in [0.717, 1.165) is 5.56 Å². The van der Waals surface area contributed by atoms with Crippen LogP contribution in [0.15, 0.2) is 48.5 Å². The number of benzene rings is 2. The first-order valence-electron chi connectivity index (χ1n) is 7.34. The highest BCUT2D eigenvalue weighted by molar-refractivity contribution is 7.80. The van der Waals surface area contributed by atoms with Gasteiger partial charge in [-0.2, -0.15) is 0 Å². The Balaban J connectivity index is 2.26. The molecule has 2 rings (SSSR count). The lowest BCUT2D eigenvalue weighted by molar-refractivity contribution is -0.138. The SMILES string of the molecule is CC(C(=O)OP(=O)(O)Cl)N(OCc1ccccc1)c1ccc(Cl)c(Cl)c1. The summed E-state index contributed by atoms with van der Waals surface area (Å²) in [6.07, 6.45) is 0. The van der Waals surface area contributed by atoms with E-state index in [1.54, 1.807) is 6.07 Å². The molecule has 2 aromatic rings. The molecule has 2 atom stereocenters. The van der Waals surface area contributed by atoms with Gasteiger partial charge in [0.1, 0.15) is 0 Å². The van der Waals surface area contributed by atoms with Crippen molar-refractivity contribution in [1.82, 2.24) is 0 Å². The summed E-state index contributed by atoms with van der Waals surface area (Å²) in [7, 11) is 0. The van der Waals surface area contributed by atoms with Crippen molar-refractivity contribution in [2.24, 2.45) is 0 Å². The van der Waals surface area contributed by atoms with Crippen LogP contribution in [0, 0.1) is 0 Å². The van der Waals surface area contributed by atoms with Crippen molar-refractivity contribution in [3.63, 3.8) is 0 Å². The van der Waals surface area contributed by atoms with Gasteiger partial charge in [-0.3, -0.25) is 4.84 Å². The maximum atomic E-state index is 12.1. The summed E-state index contributed by atoms with van der Waals surface area (Å²) in [6.45, 7) is -2.94. The molecule has 0 aliphatic carbocycles. The lowest BCUT2D eigenvalue weighted by Gasteiger charge is -2.29. The van der Waals surface area contributed by atoms with E-state index in [2.05, 4.69) is 4.52 Å². The van der Waals surface area contributed by atoms with E-state index >= 15 is 0 Å². The van der Waals surface area contributed by atoms with Crippen molar-refractivity contribution in [3.8, 4) is 0 Å². The van der Waals surface area contributed by atoms with Crippen LogP contribution in [0.4, 0.5) is 5.69 Å². The molecule has 0 aliphatic rings. The molecule has 0 amide bonds. The Morgan fingerprint density at radius 1 is 1.19 bits per heavy atom. The summed E-state index contributed by atoms with van der Waals surface area (Å²) in [4.78, 5) is 26.9. The second-order valence-corrected chi connectivity index (χ2v) is 8.40. The van der Waals surface area contributed by atoms with E-state index < -0.39 is 19.0 Å². The Hall–Kier alpha value is -1.27. The molecule has 0 fully saturated rings. The summed E-state index contributed by atoms with van der Waals surface area (Å²) in [5.41, 5.74) is 1.26. The van der Waals surface area contributed by atoms with Gasteiger partial charge in [0.25, 0.3) is 0 Å². The normalized spacial score (nSPS) is 14.3. The van der Waals surface area contributed by atoms with Gasteiger partial charge < -0.3 is 9.42 Å². The van der Waals surface area contributed by atoms with Gasteiger partial charge in [-0.25, -0.2) is 14.4 Å². The van der Waals surface area contributed by atoms with Crippen molar-refractivity contribution in [1.29, 1.82) is 0 Å². The zero-order chi connectivity index (χ0) is 19.3. The summed E-state index contributed by atoms with van der Waals surface area (Å²) in [6, 6.07) is 12.8. The number of rotatable bonds is 7. The van der Waals surface area contributed by atoms with E-state index in [1.165, 1.54) is 24.1 Å². The van der Waals surface area contributed by atoms with Crippen LogP contribution in [-0.2, 0) is 25.3 Å². The third-order valence-electron chi connectivity index (χ3n) is 3.27. The first-order valence-corrected chi connectivity index (χ1v) is 10.6. The highest BCUT2D eigenvalue weighted by Gasteiger charge is 2.30. The van der Waals surface area contributed by atoms with Crippen LogP contribution < -0.4 is 5.06 Å². The molecule has 2 unspecified atom stereocenters. The molecule has 140 valence electrons. The zero-order valence-corrected chi connectivity index (χ0v) is 16.7. The maximum Gasteiger partial charge on any atom is 0.476 e. The topological polar surface area (TPSA) is 76.1 Å². The van der Waals surface area contributed by atoms with Gasteiger partial charge in [-0.05, 0) is 30.7 Å². The zero-order valence-electron chi connectivity index (χ0n) is 13.5. The van der Waals surface area contributed by atoms with Gasteiger partial charge in [0.15, 0.2) is 6.04 Å². The molecule has 0 spiro atoms. The molecule has 0 aromatic heterocycles. The van der Waals surface area contributed by atoms with Gasteiger partial charge in [-0.1, -0.05) is 53.5 Å². The largest absolute Gasteiger partial charge is 0.476 e. The molecule has 0 aliphatic heterocycles. The van der Waals surface area contributed by atoms with E-state index in [9.17, 15) is 9.36 Å². The molecule has 6 nitrogen and oxygen atoms in total. The summed E-state index contributed by atoms with van der Waals surface area (Å²) in [5.74, 6) is -1.04. The Kier molecular flexibility index (Phi) is 7.35. The van der Waals surface area contributed by atoms with Gasteiger partial charge in [0, 0.05) is 11.2 Å². The second kappa shape index (κ2) is 9.09.